The topological polar surface area (TPSA) is 60.8 Å². The number of morpholine rings is 1. The lowest BCUT2D eigenvalue weighted by Crippen LogP contribution is -2.45. The number of rotatable bonds is 8. The fraction of sp³-hybridized carbons (Fsp3) is 0.312. The van der Waals surface area contributed by atoms with E-state index in [1.54, 1.807) is 4.90 Å². The zero-order valence-electron chi connectivity index (χ0n) is 22.3. The quantitative estimate of drug-likeness (QED) is 0.302. The SMILES string of the molecule is Cc1ccc(C(=O)c2c(C)n(Cc3cccc(CO[C@H](C)C(=O)N4CCOCC4)c3)c3ccccc23)cc1. The molecule has 6 heteroatoms. The molecule has 1 fully saturated rings. The third-order valence-electron chi connectivity index (χ3n) is 7.27. The summed E-state index contributed by atoms with van der Waals surface area (Å²) < 4.78 is 13.5. The number of ether oxygens (including phenoxy) is 2. The maximum absolute atomic E-state index is 13.6. The highest BCUT2D eigenvalue weighted by molar-refractivity contribution is 6.17. The molecule has 1 aromatic heterocycles. The van der Waals surface area contributed by atoms with Gasteiger partial charge in [0.15, 0.2) is 5.78 Å². The molecule has 0 N–H and O–H groups in total. The molecular weight excluding hydrogens is 476 g/mol. The van der Waals surface area contributed by atoms with Crippen LogP contribution in [0.3, 0.4) is 0 Å². The van der Waals surface area contributed by atoms with Crippen molar-refractivity contribution >= 4 is 22.6 Å². The van der Waals surface area contributed by atoms with E-state index >= 15 is 0 Å². The summed E-state index contributed by atoms with van der Waals surface area (Å²) in [7, 11) is 0. The fourth-order valence-corrected chi connectivity index (χ4v) is 5.10. The molecule has 0 spiro atoms. The number of nitrogens with zero attached hydrogens (tertiary/aromatic N) is 2. The van der Waals surface area contributed by atoms with Gasteiger partial charge in [-0.2, -0.15) is 0 Å². The third-order valence-corrected chi connectivity index (χ3v) is 7.27. The van der Waals surface area contributed by atoms with E-state index in [0.29, 0.717) is 45.0 Å². The summed E-state index contributed by atoms with van der Waals surface area (Å²) in [5.74, 6) is 0.0446. The minimum Gasteiger partial charge on any atom is -0.378 e. The minimum absolute atomic E-state index is 0.00432. The zero-order chi connectivity index (χ0) is 26.6. The van der Waals surface area contributed by atoms with E-state index in [0.717, 1.165) is 38.9 Å². The Kier molecular flexibility index (Phi) is 7.72. The van der Waals surface area contributed by atoms with Crippen LogP contribution in [0.25, 0.3) is 10.9 Å². The first kappa shape index (κ1) is 25.9. The first-order valence-corrected chi connectivity index (χ1v) is 13.2. The lowest BCUT2D eigenvalue weighted by molar-refractivity contribution is -0.147. The highest BCUT2D eigenvalue weighted by atomic mass is 16.5. The van der Waals surface area contributed by atoms with Crippen molar-refractivity contribution in [3.8, 4) is 0 Å². The van der Waals surface area contributed by atoms with Gasteiger partial charge in [-0.1, -0.05) is 72.3 Å². The third kappa shape index (κ3) is 5.42. The Labute approximate surface area is 223 Å². The summed E-state index contributed by atoms with van der Waals surface area (Å²) in [4.78, 5) is 28.0. The van der Waals surface area contributed by atoms with E-state index in [1.165, 1.54) is 0 Å². The first-order chi connectivity index (χ1) is 18.4. The highest BCUT2D eigenvalue weighted by Gasteiger charge is 2.23. The Morgan fingerprint density at radius 1 is 0.921 bits per heavy atom. The monoisotopic (exact) mass is 510 g/mol. The molecule has 1 aliphatic rings. The minimum atomic E-state index is -0.511. The number of aromatic nitrogens is 1. The second kappa shape index (κ2) is 11.3. The number of amides is 1. The van der Waals surface area contributed by atoms with Crippen LogP contribution in [0.4, 0.5) is 0 Å². The Balaban J connectivity index is 1.35. The molecule has 4 aromatic rings. The smallest absolute Gasteiger partial charge is 0.251 e. The van der Waals surface area contributed by atoms with Crippen LogP contribution in [0.1, 0.15) is 45.2 Å². The van der Waals surface area contributed by atoms with Gasteiger partial charge in [-0.3, -0.25) is 9.59 Å². The number of carbonyl (C=O) groups is 2. The Bertz CT molecular complexity index is 1450. The number of para-hydroxylation sites is 1. The van der Waals surface area contributed by atoms with Gasteiger partial charge in [-0.15, -0.1) is 0 Å². The number of fused-ring (bicyclic) bond motifs is 1. The zero-order valence-corrected chi connectivity index (χ0v) is 22.3. The summed E-state index contributed by atoms with van der Waals surface area (Å²) in [6.07, 6.45) is -0.511. The van der Waals surface area contributed by atoms with E-state index < -0.39 is 6.10 Å². The van der Waals surface area contributed by atoms with Crippen LogP contribution in [-0.2, 0) is 27.4 Å². The molecule has 0 bridgehead atoms. The van der Waals surface area contributed by atoms with Gasteiger partial charge < -0.3 is 18.9 Å². The number of carbonyl (C=O) groups excluding carboxylic acids is 2. The maximum Gasteiger partial charge on any atom is 0.251 e. The molecule has 1 saturated heterocycles. The van der Waals surface area contributed by atoms with Gasteiger partial charge in [-0.25, -0.2) is 0 Å². The van der Waals surface area contributed by atoms with Crippen molar-refractivity contribution in [3.05, 3.63) is 106 Å². The lowest BCUT2D eigenvalue weighted by Gasteiger charge is -2.29. The van der Waals surface area contributed by atoms with Crippen LogP contribution in [0.2, 0.25) is 0 Å². The maximum atomic E-state index is 13.6. The molecule has 2 heterocycles. The normalized spacial score (nSPS) is 14.6. The fourth-order valence-electron chi connectivity index (χ4n) is 5.10. The van der Waals surface area contributed by atoms with E-state index in [2.05, 4.69) is 22.8 Å². The van der Waals surface area contributed by atoms with Crippen LogP contribution in [-0.4, -0.2) is 53.6 Å². The number of benzene rings is 3. The van der Waals surface area contributed by atoms with Crippen molar-refractivity contribution in [3.63, 3.8) is 0 Å². The number of aryl methyl sites for hydroxylation is 1. The lowest BCUT2D eigenvalue weighted by atomic mass is 10.00. The van der Waals surface area contributed by atoms with Gasteiger partial charge in [0.25, 0.3) is 5.91 Å². The van der Waals surface area contributed by atoms with Crippen molar-refractivity contribution in [2.75, 3.05) is 26.3 Å². The van der Waals surface area contributed by atoms with Crippen LogP contribution in [0, 0.1) is 13.8 Å². The van der Waals surface area contributed by atoms with Gasteiger partial charge in [0.2, 0.25) is 0 Å². The van der Waals surface area contributed by atoms with Crippen molar-refractivity contribution in [1.29, 1.82) is 0 Å². The highest BCUT2D eigenvalue weighted by Crippen LogP contribution is 2.29. The number of hydrogen-bond donors (Lipinski definition) is 0. The van der Waals surface area contributed by atoms with Crippen LogP contribution in [0.15, 0.2) is 72.8 Å². The summed E-state index contributed by atoms with van der Waals surface area (Å²) in [5, 5.41) is 0.963. The van der Waals surface area contributed by atoms with Crippen LogP contribution in [0.5, 0.6) is 0 Å². The van der Waals surface area contributed by atoms with E-state index in [9.17, 15) is 9.59 Å². The van der Waals surface area contributed by atoms with Gasteiger partial charge in [0.1, 0.15) is 6.10 Å². The second-order valence-corrected chi connectivity index (χ2v) is 9.97. The van der Waals surface area contributed by atoms with Crippen molar-refractivity contribution < 1.29 is 19.1 Å². The standard InChI is InChI=1S/C32H34N2O4/c1-22-11-13-27(14-12-22)31(35)30-23(2)34(29-10-5-4-9-28(29)30)20-25-7-6-8-26(19-25)21-38-24(3)32(36)33-15-17-37-18-16-33/h4-14,19,24H,15-18,20-21H2,1-3H3/t24-/m1/s1. The summed E-state index contributed by atoms with van der Waals surface area (Å²) in [6.45, 7) is 9.21. The van der Waals surface area contributed by atoms with Crippen molar-refractivity contribution in [2.24, 2.45) is 0 Å². The van der Waals surface area contributed by atoms with E-state index in [1.807, 2.05) is 75.4 Å². The predicted octanol–water partition coefficient (Wildman–Crippen LogP) is 5.30. The molecule has 1 aliphatic heterocycles. The molecule has 5 rings (SSSR count). The first-order valence-electron chi connectivity index (χ1n) is 13.2. The molecule has 0 radical (unpaired) electrons. The molecule has 0 saturated carbocycles. The van der Waals surface area contributed by atoms with Crippen LogP contribution < -0.4 is 0 Å². The predicted molar refractivity (Wildman–Crippen MR) is 148 cm³/mol. The molecular formula is C32H34N2O4. The Hall–Kier alpha value is -3.74. The molecule has 38 heavy (non-hydrogen) atoms. The second-order valence-electron chi connectivity index (χ2n) is 9.97. The largest absolute Gasteiger partial charge is 0.378 e. The van der Waals surface area contributed by atoms with Crippen molar-refractivity contribution in [2.45, 2.75) is 40.0 Å². The van der Waals surface area contributed by atoms with E-state index in [-0.39, 0.29) is 11.7 Å². The molecule has 0 unspecified atom stereocenters. The van der Waals surface area contributed by atoms with Gasteiger partial charge >= 0.3 is 0 Å². The molecule has 1 amide bonds. The molecule has 1 atom stereocenters. The molecule has 0 aliphatic carbocycles. The van der Waals surface area contributed by atoms with Crippen molar-refractivity contribution in [1.82, 2.24) is 9.47 Å². The summed E-state index contributed by atoms with van der Waals surface area (Å²) in [6, 6.07) is 24.1. The number of hydrogen-bond acceptors (Lipinski definition) is 4. The Morgan fingerprint density at radius 2 is 1.63 bits per heavy atom. The van der Waals surface area contributed by atoms with E-state index in [4.69, 9.17) is 9.47 Å². The Morgan fingerprint density at radius 3 is 2.39 bits per heavy atom. The molecule has 196 valence electrons. The van der Waals surface area contributed by atoms with Crippen LogP contribution >= 0.6 is 0 Å². The van der Waals surface area contributed by atoms with Gasteiger partial charge in [-0.05, 0) is 38.0 Å². The molecule has 6 nitrogen and oxygen atoms in total. The van der Waals surface area contributed by atoms with Gasteiger partial charge in [0.05, 0.1) is 25.4 Å². The molecule has 3 aromatic carbocycles. The average Bonchev–Trinajstić information content (AvgIpc) is 3.22. The van der Waals surface area contributed by atoms with Gasteiger partial charge in [0, 0.05) is 41.8 Å². The summed E-state index contributed by atoms with van der Waals surface area (Å²) >= 11 is 0. The average molecular weight is 511 g/mol. The summed E-state index contributed by atoms with van der Waals surface area (Å²) in [5.41, 5.74) is 6.67. The number of ketones is 1.